The molecular formula is C13H15F2NO4. The van der Waals surface area contributed by atoms with Gasteiger partial charge in [0.1, 0.15) is 6.04 Å². The van der Waals surface area contributed by atoms with Crippen molar-refractivity contribution in [3.05, 3.63) is 23.8 Å². The SMILES string of the molecule is COC(=O)C1C[C@H](O)CN1c1ccc(F)c(F)c1OC. The van der Waals surface area contributed by atoms with Crippen LogP contribution in [0.5, 0.6) is 5.75 Å². The molecule has 2 rings (SSSR count). The Bertz CT molecular complexity index is 523. The van der Waals surface area contributed by atoms with E-state index >= 15 is 0 Å². The first-order valence-corrected chi connectivity index (χ1v) is 6.04. The number of aliphatic hydroxyl groups excluding tert-OH is 1. The maximum Gasteiger partial charge on any atom is 0.328 e. The van der Waals surface area contributed by atoms with E-state index in [0.717, 1.165) is 6.07 Å². The van der Waals surface area contributed by atoms with Crippen molar-refractivity contribution >= 4 is 11.7 Å². The minimum Gasteiger partial charge on any atom is -0.491 e. The lowest BCUT2D eigenvalue weighted by Gasteiger charge is -2.26. The number of carbonyl (C=O) groups is 1. The third-order valence-electron chi connectivity index (χ3n) is 3.30. The number of anilines is 1. The van der Waals surface area contributed by atoms with E-state index in [1.165, 1.54) is 25.2 Å². The summed E-state index contributed by atoms with van der Waals surface area (Å²) in [5.74, 6) is -3.02. The van der Waals surface area contributed by atoms with E-state index in [2.05, 4.69) is 4.74 Å². The molecule has 1 aromatic rings. The van der Waals surface area contributed by atoms with Gasteiger partial charge in [-0.2, -0.15) is 4.39 Å². The number of carbonyl (C=O) groups excluding carboxylic acids is 1. The summed E-state index contributed by atoms with van der Waals surface area (Å²) in [4.78, 5) is 13.2. The monoisotopic (exact) mass is 287 g/mol. The van der Waals surface area contributed by atoms with Crippen molar-refractivity contribution < 1.29 is 28.2 Å². The number of rotatable bonds is 3. The first-order chi connectivity index (χ1) is 9.49. The van der Waals surface area contributed by atoms with Crippen LogP contribution < -0.4 is 9.64 Å². The second-order valence-electron chi connectivity index (χ2n) is 4.49. The molecule has 0 bridgehead atoms. The topological polar surface area (TPSA) is 59.0 Å². The number of ether oxygens (including phenoxy) is 2. The van der Waals surface area contributed by atoms with Crippen molar-refractivity contribution in [2.24, 2.45) is 0 Å². The average molecular weight is 287 g/mol. The zero-order chi connectivity index (χ0) is 14.9. The van der Waals surface area contributed by atoms with Crippen molar-refractivity contribution in [2.75, 3.05) is 25.7 Å². The molecule has 1 saturated heterocycles. The van der Waals surface area contributed by atoms with Crippen LogP contribution >= 0.6 is 0 Å². The number of aliphatic hydroxyl groups is 1. The standard InChI is InChI=1S/C13H15F2NO4/c1-19-12-9(4-3-8(14)11(12)15)16-6-7(17)5-10(16)13(18)20-2/h3-4,7,10,17H,5-6H2,1-2H3/t7-,10?/m0/s1. The molecule has 0 aromatic heterocycles. The number of esters is 1. The van der Waals surface area contributed by atoms with Gasteiger partial charge in [0, 0.05) is 13.0 Å². The highest BCUT2D eigenvalue weighted by Gasteiger charge is 2.38. The van der Waals surface area contributed by atoms with Crippen molar-refractivity contribution in [1.29, 1.82) is 0 Å². The minimum atomic E-state index is -1.13. The molecule has 2 atom stereocenters. The summed E-state index contributed by atoms with van der Waals surface area (Å²) in [6.45, 7) is 0.112. The predicted molar refractivity (Wildman–Crippen MR) is 66.7 cm³/mol. The molecule has 0 saturated carbocycles. The Morgan fingerprint density at radius 1 is 1.40 bits per heavy atom. The maximum absolute atomic E-state index is 13.7. The number of halogens is 2. The van der Waals surface area contributed by atoms with Gasteiger partial charge in [-0.05, 0) is 12.1 Å². The third-order valence-corrected chi connectivity index (χ3v) is 3.30. The molecule has 0 radical (unpaired) electrons. The van der Waals surface area contributed by atoms with Gasteiger partial charge in [-0.25, -0.2) is 9.18 Å². The van der Waals surface area contributed by atoms with Gasteiger partial charge in [-0.3, -0.25) is 0 Å². The Hall–Kier alpha value is -1.89. The van der Waals surface area contributed by atoms with Gasteiger partial charge in [0.2, 0.25) is 5.82 Å². The van der Waals surface area contributed by atoms with Crippen molar-refractivity contribution in [1.82, 2.24) is 0 Å². The van der Waals surface area contributed by atoms with Crippen LogP contribution in [0.15, 0.2) is 12.1 Å². The van der Waals surface area contributed by atoms with E-state index in [0.29, 0.717) is 0 Å². The largest absolute Gasteiger partial charge is 0.491 e. The molecule has 1 N–H and O–H groups in total. The highest BCUT2D eigenvalue weighted by Crippen LogP contribution is 2.36. The van der Waals surface area contributed by atoms with Crippen molar-refractivity contribution in [2.45, 2.75) is 18.6 Å². The lowest BCUT2D eigenvalue weighted by Crippen LogP contribution is -2.37. The van der Waals surface area contributed by atoms with Crippen LogP contribution in [0.1, 0.15) is 6.42 Å². The van der Waals surface area contributed by atoms with Crippen LogP contribution in [-0.2, 0) is 9.53 Å². The Kier molecular flexibility index (Phi) is 4.08. The summed E-state index contributed by atoms with van der Waals surface area (Å²) in [5, 5.41) is 9.71. The number of β-amino-alcohol motifs (C(OH)–C–C–N with tert-alkyl or cyclic N) is 1. The van der Waals surface area contributed by atoms with E-state index in [-0.39, 0.29) is 24.4 Å². The van der Waals surface area contributed by atoms with Gasteiger partial charge in [0.25, 0.3) is 0 Å². The van der Waals surface area contributed by atoms with Gasteiger partial charge in [0.15, 0.2) is 11.6 Å². The van der Waals surface area contributed by atoms with Gasteiger partial charge < -0.3 is 19.5 Å². The summed E-state index contributed by atoms with van der Waals surface area (Å²) in [7, 11) is 2.44. The molecule has 1 unspecified atom stereocenters. The van der Waals surface area contributed by atoms with E-state index in [4.69, 9.17) is 4.74 Å². The summed E-state index contributed by atoms with van der Waals surface area (Å²) < 4.78 is 36.5. The third kappa shape index (κ3) is 2.40. The van der Waals surface area contributed by atoms with Crippen LogP contribution in [0.3, 0.4) is 0 Å². The molecule has 1 heterocycles. The van der Waals surface area contributed by atoms with E-state index in [9.17, 15) is 18.7 Å². The molecule has 0 amide bonds. The first-order valence-electron chi connectivity index (χ1n) is 6.04. The zero-order valence-electron chi connectivity index (χ0n) is 11.1. The van der Waals surface area contributed by atoms with Gasteiger partial charge in [-0.1, -0.05) is 0 Å². The number of hydrogen-bond donors (Lipinski definition) is 1. The number of nitrogens with zero attached hydrogens (tertiary/aromatic N) is 1. The summed E-state index contributed by atoms with van der Waals surface area (Å²) in [6.07, 6.45) is -0.591. The fraction of sp³-hybridized carbons (Fsp3) is 0.462. The first kappa shape index (κ1) is 14.5. The molecule has 1 aliphatic rings. The molecule has 1 fully saturated rings. The molecular weight excluding hydrogens is 272 g/mol. The normalized spacial score (nSPS) is 21.9. The fourth-order valence-corrected chi connectivity index (χ4v) is 2.38. The van der Waals surface area contributed by atoms with E-state index in [1.807, 2.05) is 0 Å². The van der Waals surface area contributed by atoms with Crippen LogP contribution in [-0.4, -0.2) is 44.0 Å². The molecule has 0 spiro atoms. The molecule has 1 aromatic carbocycles. The van der Waals surface area contributed by atoms with Gasteiger partial charge >= 0.3 is 5.97 Å². The Morgan fingerprint density at radius 3 is 2.70 bits per heavy atom. The predicted octanol–water partition coefficient (Wildman–Crippen LogP) is 1.09. The van der Waals surface area contributed by atoms with Crippen LogP contribution in [0, 0.1) is 11.6 Å². The molecule has 1 aliphatic heterocycles. The highest BCUT2D eigenvalue weighted by molar-refractivity contribution is 5.82. The smallest absolute Gasteiger partial charge is 0.328 e. The number of hydrogen-bond acceptors (Lipinski definition) is 5. The average Bonchev–Trinajstić information content (AvgIpc) is 2.82. The molecule has 5 nitrogen and oxygen atoms in total. The van der Waals surface area contributed by atoms with E-state index < -0.39 is 29.7 Å². The zero-order valence-corrected chi connectivity index (χ0v) is 11.1. The molecule has 110 valence electrons. The summed E-state index contributed by atoms with van der Waals surface area (Å²) in [6, 6.07) is 1.51. The Labute approximate surface area is 114 Å². The number of benzene rings is 1. The van der Waals surface area contributed by atoms with Crippen LogP contribution in [0.25, 0.3) is 0 Å². The minimum absolute atomic E-state index is 0.112. The second-order valence-corrected chi connectivity index (χ2v) is 4.49. The fourth-order valence-electron chi connectivity index (χ4n) is 2.38. The quantitative estimate of drug-likeness (QED) is 0.843. The molecule has 20 heavy (non-hydrogen) atoms. The van der Waals surface area contributed by atoms with Crippen molar-refractivity contribution in [3.63, 3.8) is 0 Å². The molecule has 0 aliphatic carbocycles. The lowest BCUT2D eigenvalue weighted by atomic mass is 10.2. The van der Waals surface area contributed by atoms with Crippen molar-refractivity contribution in [3.8, 4) is 5.75 Å². The Balaban J connectivity index is 2.44. The van der Waals surface area contributed by atoms with Crippen LogP contribution in [0.2, 0.25) is 0 Å². The lowest BCUT2D eigenvalue weighted by molar-refractivity contribution is -0.142. The maximum atomic E-state index is 13.7. The van der Waals surface area contributed by atoms with Gasteiger partial charge in [-0.15, -0.1) is 0 Å². The van der Waals surface area contributed by atoms with Gasteiger partial charge in [0.05, 0.1) is 26.0 Å². The van der Waals surface area contributed by atoms with Crippen LogP contribution in [0.4, 0.5) is 14.5 Å². The van der Waals surface area contributed by atoms with E-state index in [1.54, 1.807) is 0 Å². The molecule has 7 heteroatoms. The second kappa shape index (κ2) is 5.62. The summed E-state index contributed by atoms with van der Waals surface area (Å²) >= 11 is 0. The number of methoxy groups -OCH3 is 2. The summed E-state index contributed by atoms with van der Waals surface area (Å²) in [5.41, 5.74) is 0.207. The Morgan fingerprint density at radius 2 is 2.10 bits per heavy atom. The highest BCUT2D eigenvalue weighted by atomic mass is 19.2.